The molecule has 9 heteroatoms. The van der Waals surface area contributed by atoms with Gasteiger partial charge in [-0.2, -0.15) is 4.31 Å². The lowest BCUT2D eigenvalue weighted by Gasteiger charge is -2.31. The summed E-state index contributed by atoms with van der Waals surface area (Å²) in [5, 5.41) is 2.78. The quantitative estimate of drug-likeness (QED) is 0.743. The van der Waals surface area contributed by atoms with E-state index in [0.717, 1.165) is 0 Å². The molecule has 1 aliphatic rings. The molecule has 1 fully saturated rings. The molecule has 0 aromatic heterocycles. The Morgan fingerprint density at radius 2 is 1.76 bits per heavy atom. The molecule has 3 rings (SSSR count). The Hall–Kier alpha value is -2.91. The zero-order chi connectivity index (χ0) is 21.0. The number of carbonyl (C=O) groups is 2. The number of sulfonamides is 1. The zero-order valence-electron chi connectivity index (χ0n) is 16.0. The first kappa shape index (κ1) is 20.8. The Morgan fingerprint density at radius 1 is 1.10 bits per heavy atom. The molecule has 2 aromatic carbocycles. The number of nitrogens with zero attached hydrogens (tertiary/aromatic N) is 1. The van der Waals surface area contributed by atoms with Crippen molar-refractivity contribution < 1.29 is 22.7 Å². The maximum atomic E-state index is 12.9. The molecule has 1 heterocycles. The largest absolute Gasteiger partial charge is 0.497 e. The Bertz CT molecular complexity index is 988. The normalized spacial score (nSPS) is 17.5. The first-order valence-electron chi connectivity index (χ1n) is 9.16. The number of nitrogens with two attached hydrogens (primary N) is 1. The van der Waals surface area contributed by atoms with Crippen molar-refractivity contribution in [1.29, 1.82) is 0 Å². The minimum Gasteiger partial charge on any atom is -0.497 e. The van der Waals surface area contributed by atoms with Crippen molar-refractivity contribution in [1.82, 2.24) is 4.31 Å². The summed E-state index contributed by atoms with van der Waals surface area (Å²) in [4.78, 5) is 23.9. The van der Waals surface area contributed by atoms with Crippen molar-refractivity contribution in [3.05, 3.63) is 54.1 Å². The van der Waals surface area contributed by atoms with Crippen LogP contribution in [0.15, 0.2) is 53.4 Å². The van der Waals surface area contributed by atoms with E-state index in [-0.39, 0.29) is 17.3 Å². The summed E-state index contributed by atoms with van der Waals surface area (Å²) in [5.74, 6) is -0.698. The number of nitrogens with one attached hydrogen (secondary N) is 1. The molecule has 154 valence electrons. The Kier molecular flexibility index (Phi) is 6.19. The van der Waals surface area contributed by atoms with E-state index in [1.54, 1.807) is 24.3 Å². The second-order valence-corrected chi connectivity index (χ2v) is 8.75. The van der Waals surface area contributed by atoms with Crippen LogP contribution in [0.25, 0.3) is 0 Å². The fraction of sp³-hybridized carbons (Fsp3) is 0.300. The first-order chi connectivity index (χ1) is 13.8. The van der Waals surface area contributed by atoms with Gasteiger partial charge in [-0.3, -0.25) is 9.59 Å². The lowest BCUT2D eigenvalue weighted by atomic mass is 9.98. The van der Waals surface area contributed by atoms with Crippen LogP contribution in [0, 0.1) is 5.92 Å². The molecule has 8 nitrogen and oxygen atoms in total. The number of carbonyl (C=O) groups excluding carboxylic acids is 2. The molecule has 1 saturated heterocycles. The number of rotatable bonds is 6. The predicted octanol–water partition coefficient (Wildman–Crippen LogP) is 1.83. The highest BCUT2D eigenvalue weighted by molar-refractivity contribution is 7.89. The van der Waals surface area contributed by atoms with E-state index in [2.05, 4.69) is 5.32 Å². The van der Waals surface area contributed by atoms with Crippen LogP contribution in [-0.2, 0) is 14.8 Å². The van der Waals surface area contributed by atoms with Crippen LogP contribution in [-0.4, -0.2) is 44.7 Å². The number of piperidine rings is 1. The molecular formula is C20H23N3O5S. The summed E-state index contributed by atoms with van der Waals surface area (Å²) >= 11 is 0. The number of amides is 2. The van der Waals surface area contributed by atoms with E-state index in [1.165, 1.54) is 35.7 Å². The van der Waals surface area contributed by atoms with Gasteiger partial charge in [0.05, 0.1) is 17.9 Å². The molecule has 1 unspecified atom stereocenters. The van der Waals surface area contributed by atoms with Crippen LogP contribution in [0.1, 0.15) is 23.2 Å². The van der Waals surface area contributed by atoms with E-state index in [9.17, 15) is 18.0 Å². The minimum absolute atomic E-state index is 0.111. The SMILES string of the molecule is COc1ccc(S(=O)(=O)N2CCCC(C(=O)Nc3ccc(C(N)=O)cc3)C2)cc1. The van der Waals surface area contributed by atoms with Gasteiger partial charge in [0.1, 0.15) is 5.75 Å². The van der Waals surface area contributed by atoms with Gasteiger partial charge in [-0.1, -0.05) is 0 Å². The van der Waals surface area contributed by atoms with Gasteiger partial charge >= 0.3 is 0 Å². The standard InChI is InChI=1S/C20H23N3O5S/c1-28-17-8-10-18(11-9-17)29(26,27)23-12-2-3-15(13-23)20(25)22-16-6-4-14(5-7-16)19(21)24/h4-11,15H,2-3,12-13H2,1H3,(H2,21,24)(H,22,25). The smallest absolute Gasteiger partial charge is 0.248 e. The number of methoxy groups -OCH3 is 1. The molecule has 2 aromatic rings. The van der Waals surface area contributed by atoms with Gasteiger partial charge in [0, 0.05) is 24.3 Å². The van der Waals surface area contributed by atoms with E-state index in [1.807, 2.05) is 0 Å². The van der Waals surface area contributed by atoms with Crippen LogP contribution < -0.4 is 15.8 Å². The van der Waals surface area contributed by atoms with E-state index < -0.39 is 21.8 Å². The van der Waals surface area contributed by atoms with Gasteiger partial charge in [-0.15, -0.1) is 0 Å². The highest BCUT2D eigenvalue weighted by atomic mass is 32.2. The zero-order valence-corrected chi connectivity index (χ0v) is 16.8. The Balaban J connectivity index is 1.68. The third kappa shape index (κ3) is 4.75. The predicted molar refractivity (Wildman–Crippen MR) is 108 cm³/mol. The number of hydrogen-bond acceptors (Lipinski definition) is 5. The summed E-state index contributed by atoms with van der Waals surface area (Å²) in [6.45, 7) is 0.477. The molecule has 1 aliphatic heterocycles. The number of hydrogen-bond donors (Lipinski definition) is 2. The average Bonchev–Trinajstić information content (AvgIpc) is 2.74. The molecular weight excluding hydrogens is 394 g/mol. The molecule has 1 atom stereocenters. The summed E-state index contributed by atoms with van der Waals surface area (Å²) in [6.07, 6.45) is 1.19. The number of benzene rings is 2. The number of anilines is 1. The minimum atomic E-state index is -3.70. The second-order valence-electron chi connectivity index (χ2n) is 6.81. The lowest BCUT2D eigenvalue weighted by Crippen LogP contribution is -2.43. The molecule has 0 spiro atoms. The molecule has 2 amide bonds. The highest BCUT2D eigenvalue weighted by Crippen LogP contribution is 2.26. The van der Waals surface area contributed by atoms with Gasteiger partial charge in [0.2, 0.25) is 21.8 Å². The van der Waals surface area contributed by atoms with Crippen LogP contribution in [0.5, 0.6) is 5.75 Å². The molecule has 29 heavy (non-hydrogen) atoms. The van der Waals surface area contributed by atoms with Crippen LogP contribution in [0.3, 0.4) is 0 Å². The van der Waals surface area contributed by atoms with E-state index >= 15 is 0 Å². The summed E-state index contributed by atoms with van der Waals surface area (Å²) in [6, 6.07) is 12.4. The van der Waals surface area contributed by atoms with Gasteiger partial charge in [0.25, 0.3) is 0 Å². The summed E-state index contributed by atoms with van der Waals surface area (Å²) in [5.41, 5.74) is 6.07. The van der Waals surface area contributed by atoms with Crippen LogP contribution in [0.4, 0.5) is 5.69 Å². The summed E-state index contributed by atoms with van der Waals surface area (Å²) in [7, 11) is -2.18. The van der Waals surface area contributed by atoms with Crippen molar-refractivity contribution in [2.45, 2.75) is 17.7 Å². The van der Waals surface area contributed by atoms with Gasteiger partial charge in [0.15, 0.2) is 0 Å². The van der Waals surface area contributed by atoms with Crippen molar-refractivity contribution in [2.24, 2.45) is 11.7 Å². The maximum Gasteiger partial charge on any atom is 0.248 e. The lowest BCUT2D eigenvalue weighted by molar-refractivity contribution is -0.120. The van der Waals surface area contributed by atoms with Crippen LogP contribution >= 0.6 is 0 Å². The molecule has 0 saturated carbocycles. The van der Waals surface area contributed by atoms with E-state index in [4.69, 9.17) is 10.5 Å². The molecule has 0 bridgehead atoms. The monoisotopic (exact) mass is 417 g/mol. The Morgan fingerprint density at radius 3 is 2.34 bits per heavy atom. The van der Waals surface area contributed by atoms with Crippen molar-refractivity contribution in [3.8, 4) is 5.75 Å². The van der Waals surface area contributed by atoms with Crippen LogP contribution in [0.2, 0.25) is 0 Å². The highest BCUT2D eigenvalue weighted by Gasteiger charge is 2.33. The average molecular weight is 417 g/mol. The third-order valence-corrected chi connectivity index (χ3v) is 6.77. The van der Waals surface area contributed by atoms with E-state index in [0.29, 0.717) is 36.4 Å². The topological polar surface area (TPSA) is 119 Å². The Labute approximate surface area is 169 Å². The first-order valence-corrected chi connectivity index (χ1v) is 10.6. The molecule has 0 aliphatic carbocycles. The summed E-state index contributed by atoms with van der Waals surface area (Å²) < 4.78 is 32.3. The third-order valence-electron chi connectivity index (χ3n) is 4.89. The molecule has 0 radical (unpaired) electrons. The fourth-order valence-corrected chi connectivity index (χ4v) is 4.76. The van der Waals surface area contributed by atoms with Crippen molar-refractivity contribution in [3.63, 3.8) is 0 Å². The fourth-order valence-electron chi connectivity index (χ4n) is 3.23. The maximum absolute atomic E-state index is 12.9. The van der Waals surface area contributed by atoms with Gasteiger partial charge < -0.3 is 15.8 Å². The molecule has 3 N–H and O–H groups in total. The number of primary amides is 1. The number of ether oxygens (including phenoxy) is 1. The van der Waals surface area contributed by atoms with Gasteiger partial charge in [-0.25, -0.2) is 8.42 Å². The van der Waals surface area contributed by atoms with Crippen molar-refractivity contribution >= 4 is 27.5 Å². The van der Waals surface area contributed by atoms with Gasteiger partial charge in [-0.05, 0) is 61.4 Å². The second kappa shape index (κ2) is 8.62. The van der Waals surface area contributed by atoms with Crippen molar-refractivity contribution in [2.75, 3.05) is 25.5 Å².